The van der Waals surface area contributed by atoms with Gasteiger partial charge in [-0.05, 0) is 74.0 Å². The van der Waals surface area contributed by atoms with Gasteiger partial charge in [0.15, 0.2) is 0 Å². The second-order valence-electron chi connectivity index (χ2n) is 11.6. The Hall–Kier alpha value is -1.62. The number of hydrogen-bond acceptors (Lipinski definition) is 5. The van der Waals surface area contributed by atoms with Crippen LogP contribution in [-0.2, 0) is 19.1 Å². The molecule has 184 valence electrons. The van der Waals surface area contributed by atoms with Gasteiger partial charge in [0.2, 0.25) is 0 Å². The quantitative estimate of drug-likeness (QED) is 0.542. The molecule has 33 heavy (non-hydrogen) atoms. The Labute approximate surface area is 199 Å². The fraction of sp³-hybridized carbons (Fsp3) is 0.786. The molecule has 0 aromatic heterocycles. The number of esters is 2. The van der Waals surface area contributed by atoms with Gasteiger partial charge in [-0.2, -0.15) is 0 Å². The molecule has 5 nitrogen and oxygen atoms in total. The van der Waals surface area contributed by atoms with Crippen molar-refractivity contribution in [1.29, 1.82) is 0 Å². The van der Waals surface area contributed by atoms with Crippen LogP contribution in [0, 0.1) is 34.5 Å². The normalized spacial score (nSPS) is 40.5. The van der Waals surface area contributed by atoms with Gasteiger partial charge in [-0.25, -0.2) is 0 Å². The molecule has 0 aromatic carbocycles. The van der Waals surface area contributed by atoms with Crippen molar-refractivity contribution in [2.24, 2.45) is 34.5 Å². The number of fused-ring (bicyclic) bond motifs is 5. The monoisotopic (exact) mass is 458 g/mol. The van der Waals surface area contributed by atoms with Crippen molar-refractivity contribution in [1.82, 2.24) is 0 Å². The lowest BCUT2D eigenvalue weighted by molar-refractivity contribution is -0.148. The maximum atomic E-state index is 11.6. The highest BCUT2D eigenvalue weighted by Crippen LogP contribution is 2.66. The third-order valence-corrected chi connectivity index (χ3v) is 10.00. The Morgan fingerprint density at radius 1 is 1.18 bits per heavy atom. The van der Waals surface area contributed by atoms with Crippen molar-refractivity contribution >= 4 is 11.9 Å². The Kier molecular flexibility index (Phi) is 6.83. The number of ether oxygens (including phenoxy) is 2. The number of carbonyl (C=O) groups is 2. The van der Waals surface area contributed by atoms with Crippen molar-refractivity contribution in [3.8, 4) is 0 Å². The van der Waals surface area contributed by atoms with E-state index in [1.165, 1.54) is 19.6 Å². The molecule has 0 saturated heterocycles. The molecule has 0 spiro atoms. The standard InChI is InChI=1S/C28H42O5/c1-17(7-6-8-26(31)32-5)22-11-12-23-21-10-9-19-15-20(33-18(2)29)13-14-27(19,3)24(21)16-25(30)28(22,23)4/h9-10,17,20,22-25,30H,6-8,11-16H2,1-5H3/t17-,20+,22?,23?,24+,25+,27+,28?/m1/s1. The zero-order valence-corrected chi connectivity index (χ0v) is 21.1. The van der Waals surface area contributed by atoms with Crippen molar-refractivity contribution in [3.05, 3.63) is 23.3 Å². The predicted octanol–water partition coefficient (Wildman–Crippen LogP) is 5.37. The fourth-order valence-corrected chi connectivity index (χ4v) is 8.11. The molecule has 3 saturated carbocycles. The summed E-state index contributed by atoms with van der Waals surface area (Å²) >= 11 is 0. The van der Waals surface area contributed by atoms with Crippen LogP contribution in [-0.4, -0.2) is 36.4 Å². The van der Waals surface area contributed by atoms with Gasteiger partial charge >= 0.3 is 11.9 Å². The molecule has 4 aliphatic carbocycles. The van der Waals surface area contributed by atoms with Crippen molar-refractivity contribution in [3.63, 3.8) is 0 Å². The van der Waals surface area contributed by atoms with Crippen LogP contribution in [0.15, 0.2) is 23.3 Å². The summed E-state index contributed by atoms with van der Waals surface area (Å²) in [7, 11) is 1.45. The summed E-state index contributed by atoms with van der Waals surface area (Å²) in [6.45, 7) is 8.50. The zero-order chi connectivity index (χ0) is 24.0. The van der Waals surface area contributed by atoms with E-state index in [4.69, 9.17) is 9.47 Å². The first-order chi connectivity index (χ1) is 15.6. The summed E-state index contributed by atoms with van der Waals surface area (Å²) < 4.78 is 10.3. The molecule has 1 N–H and O–H groups in total. The Morgan fingerprint density at radius 2 is 1.94 bits per heavy atom. The van der Waals surface area contributed by atoms with Crippen LogP contribution < -0.4 is 0 Å². The summed E-state index contributed by atoms with van der Waals surface area (Å²) in [5.74, 6) is 1.40. The van der Waals surface area contributed by atoms with Gasteiger partial charge in [-0.15, -0.1) is 0 Å². The maximum absolute atomic E-state index is 11.6. The minimum absolute atomic E-state index is 0.0164. The van der Waals surface area contributed by atoms with Gasteiger partial charge in [0.1, 0.15) is 6.10 Å². The van der Waals surface area contributed by atoms with Gasteiger partial charge in [-0.1, -0.05) is 44.1 Å². The first kappa shape index (κ1) is 24.5. The van der Waals surface area contributed by atoms with E-state index in [1.807, 2.05) is 0 Å². The van der Waals surface area contributed by atoms with Crippen LogP contribution in [0.2, 0.25) is 0 Å². The second kappa shape index (κ2) is 9.20. The van der Waals surface area contributed by atoms with Crippen LogP contribution in [0.1, 0.15) is 85.5 Å². The molecule has 0 aliphatic heterocycles. The highest BCUT2D eigenvalue weighted by molar-refractivity contribution is 5.69. The minimum Gasteiger partial charge on any atom is -0.469 e. The Bertz CT molecular complexity index is 843. The van der Waals surface area contributed by atoms with Crippen LogP contribution in [0.25, 0.3) is 0 Å². The number of aliphatic hydroxyl groups is 1. The zero-order valence-electron chi connectivity index (χ0n) is 21.1. The first-order valence-corrected chi connectivity index (χ1v) is 12.9. The van der Waals surface area contributed by atoms with Crippen molar-refractivity contribution in [2.75, 3.05) is 7.11 Å². The highest BCUT2D eigenvalue weighted by atomic mass is 16.5. The van der Waals surface area contributed by atoms with Crippen LogP contribution >= 0.6 is 0 Å². The molecule has 0 heterocycles. The van der Waals surface area contributed by atoms with Gasteiger partial charge in [0.05, 0.1) is 13.2 Å². The third-order valence-electron chi connectivity index (χ3n) is 10.00. The van der Waals surface area contributed by atoms with Gasteiger partial charge in [-0.3, -0.25) is 9.59 Å². The first-order valence-electron chi connectivity index (χ1n) is 12.9. The largest absolute Gasteiger partial charge is 0.469 e. The summed E-state index contributed by atoms with van der Waals surface area (Å²) in [5.41, 5.74) is 2.87. The lowest BCUT2D eigenvalue weighted by atomic mass is 9.49. The molecule has 8 atom stereocenters. The summed E-state index contributed by atoms with van der Waals surface area (Å²) in [4.78, 5) is 23.0. The maximum Gasteiger partial charge on any atom is 0.305 e. The molecule has 0 aromatic rings. The molecule has 3 fully saturated rings. The number of methoxy groups -OCH3 is 1. The topological polar surface area (TPSA) is 72.8 Å². The Balaban J connectivity index is 1.53. The molecule has 4 rings (SSSR count). The third kappa shape index (κ3) is 4.19. The summed E-state index contributed by atoms with van der Waals surface area (Å²) in [6, 6.07) is 0. The van der Waals surface area contributed by atoms with E-state index in [-0.39, 0.29) is 35.0 Å². The predicted molar refractivity (Wildman–Crippen MR) is 127 cm³/mol. The number of carbonyl (C=O) groups excluding carboxylic acids is 2. The van der Waals surface area contributed by atoms with E-state index in [0.29, 0.717) is 30.1 Å². The molecule has 0 radical (unpaired) electrons. The van der Waals surface area contributed by atoms with E-state index in [9.17, 15) is 14.7 Å². The van der Waals surface area contributed by atoms with E-state index in [2.05, 4.69) is 32.9 Å². The molecule has 5 heteroatoms. The number of allylic oxidation sites excluding steroid dienone is 3. The lowest BCUT2D eigenvalue weighted by Gasteiger charge is -2.57. The lowest BCUT2D eigenvalue weighted by Crippen LogP contribution is -2.53. The number of hydrogen-bond donors (Lipinski definition) is 1. The number of aliphatic hydroxyl groups excluding tert-OH is 1. The average Bonchev–Trinajstić information content (AvgIpc) is 3.13. The van der Waals surface area contributed by atoms with Gasteiger partial charge in [0, 0.05) is 25.2 Å². The molecular weight excluding hydrogens is 416 g/mol. The van der Waals surface area contributed by atoms with Crippen LogP contribution in [0.4, 0.5) is 0 Å². The molecule has 4 aliphatic rings. The van der Waals surface area contributed by atoms with Gasteiger partial charge in [0.25, 0.3) is 0 Å². The summed E-state index contributed by atoms with van der Waals surface area (Å²) in [5, 5.41) is 11.6. The van der Waals surface area contributed by atoms with E-state index in [0.717, 1.165) is 51.4 Å². The summed E-state index contributed by atoms with van der Waals surface area (Å²) in [6.07, 6.45) is 12.5. The van der Waals surface area contributed by atoms with Crippen molar-refractivity contribution in [2.45, 2.75) is 97.7 Å². The molecular formula is C28H42O5. The van der Waals surface area contributed by atoms with E-state index < -0.39 is 0 Å². The minimum atomic E-state index is -0.317. The molecule has 0 amide bonds. The van der Waals surface area contributed by atoms with Crippen LogP contribution in [0.5, 0.6) is 0 Å². The van der Waals surface area contributed by atoms with Crippen molar-refractivity contribution < 1.29 is 24.2 Å². The SMILES string of the molecule is COC(=O)CCC[C@@H](C)C1CCC2C3=CC=C4C[C@@H](OC(C)=O)CC[C@]4(C)[C@H]3C[C@H](O)C21C. The average molecular weight is 459 g/mol. The smallest absolute Gasteiger partial charge is 0.305 e. The Morgan fingerprint density at radius 3 is 2.64 bits per heavy atom. The van der Waals surface area contributed by atoms with Crippen LogP contribution in [0.3, 0.4) is 0 Å². The fourth-order valence-electron chi connectivity index (χ4n) is 8.11. The second-order valence-corrected chi connectivity index (χ2v) is 11.6. The highest BCUT2D eigenvalue weighted by Gasteiger charge is 2.60. The van der Waals surface area contributed by atoms with Gasteiger partial charge < -0.3 is 14.6 Å². The number of rotatable bonds is 6. The molecule has 3 unspecified atom stereocenters. The molecule has 0 bridgehead atoms. The van der Waals surface area contributed by atoms with E-state index >= 15 is 0 Å². The van der Waals surface area contributed by atoms with E-state index in [1.54, 1.807) is 5.57 Å².